The van der Waals surface area contributed by atoms with E-state index < -0.39 is 0 Å². The third kappa shape index (κ3) is 4.47. The molecule has 3 heteroatoms. The van der Waals surface area contributed by atoms with E-state index in [0.717, 1.165) is 29.7 Å². The van der Waals surface area contributed by atoms with E-state index in [9.17, 15) is 4.79 Å². The van der Waals surface area contributed by atoms with Gasteiger partial charge in [-0.25, -0.2) is 0 Å². The van der Waals surface area contributed by atoms with Crippen LogP contribution in [0.3, 0.4) is 0 Å². The summed E-state index contributed by atoms with van der Waals surface area (Å²) in [6, 6.07) is 36.7. The normalized spacial score (nSPS) is 17.1. The van der Waals surface area contributed by atoms with Crippen LogP contribution in [0.4, 0.5) is 0 Å². The van der Waals surface area contributed by atoms with Crippen LogP contribution in [0, 0.1) is 0 Å². The zero-order chi connectivity index (χ0) is 23.3. The summed E-state index contributed by atoms with van der Waals surface area (Å²) in [6.07, 6.45) is 1.96. The van der Waals surface area contributed by atoms with E-state index in [1.807, 2.05) is 72.8 Å². The van der Waals surface area contributed by atoms with Gasteiger partial charge in [0.05, 0.1) is 19.1 Å². The molecule has 0 fully saturated rings. The summed E-state index contributed by atoms with van der Waals surface area (Å²) < 4.78 is 5.50. The SMILES string of the molecule is COc1cccc([C@H]2CCc3ccccc3[C@H]2NC(=O)C(c2ccccc2)c2ccccc2)c1. The molecule has 34 heavy (non-hydrogen) atoms. The smallest absolute Gasteiger partial charge is 0.232 e. The second kappa shape index (κ2) is 9.96. The number of methoxy groups -OCH3 is 1. The quantitative estimate of drug-likeness (QED) is 0.371. The standard InChI is InChI=1S/C31H29NO2/c1-34-26-17-10-16-25(21-26)28-20-19-22-11-8-9-18-27(22)30(28)32-31(33)29(23-12-4-2-5-13-23)24-14-6-3-7-15-24/h2-18,21,28-30H,19-20H2,1H3,(H,32,33)/t28-,30-/m1/s1. The van der Waals surface area contributed by atoms with E-state index >= 15 is 0 Å². The number of benzene rings is 4. The highest BCUT2D eigenvalue weighted by molar-refractivity contribution is 5.87. The lowest BCUT2D eigenvalue weighted by Gasteiger charge is -2.36. The molecule has 0 saturated heterocycles. The van der Waals surface area contributed by atoms with Crippen molar-refractivity contribution in [2.75, 3.05) is 7.11 Å². The first-order valence-electron chi connectivity index (χ1n) is 11.9. The molecular formula is C31H29NO2. The molecule has 3 nitrogen and oxygen atoms in total. The van der Waals surface area contributed by atoms with Crippen molar-refractivity contribution in [2.24, 2.45) is 0 Å². The third-order valence-corrected chi connectivity index (χ3v) is 6.86. The van der Waals surface area contributed by atoms with Gasteiger partial charge in [0.15, 0.2) is 0 Å². The molecular weight excluding hydrogens is 418 g/mol. The van der Waals surface area contributed by atoms with Crippen molar-refractivity contribution >= 4 is 5.91 Å². The number of nitrogens with one attached hydrogen (secondary N) is 1. The van der Waals surface area contributed by atoms with Gasteiger partial charge in [0, 0.05) is 5.92 Å². The predicted octanol–water partition coefficient (Wildman–Crippen LogP) is 6.41. The molecule has 5 rings (SSSR count). The molecule has 4 aromatic rings. The highest BCUT2D eigenvalue weighted by Gasteiger charge is 2.34. The van der Waals surface area contributed by atoms with Crippen LogP contribution in [-0.4, -0.2) is 13.0 Å². The van der Waals surface area contributed by atoms with Gasteiger partial charge >= 0.3 is 0 Å². The minimum Gasteiger partial charge on any atom is -0.497 e. The number of aryl methyl sites for hydroxylation is 1. The van der Waals surface area contributed by atoms with Crippen LogP contribution in [0.15, 0.2) is 109 Å². The number of hydrogen-bond donors (Lipinski definition) is 1. The Kier molecular flexibility index (Phi) is 6.44. The van der Waals surface area contributed by atoms with Gasteiger partial charge in [-0.3, -0.25) is 4.79 Å². The molecule has 1 N–H and O–H groups in total. The Bertz CT molecular complexity index is 1210. The zero-order valence-electron chi connectivity index (χ0n) is 19.4. The lowest BCUT2D eigenvalue weighted by atomic mass is 9.76. The average molecular weight is 448 g/mol. The van der Waals surface area contributed by atoms with Crippen LogP contribution >= 0.6 is 0 Å². The molecule has 1 amide bonds. The van der Waals surface area contributed by atoms with E-state index in [4.69, 9.17) is 4.74 Å². The largest absolute Gasteiger partial charge is 0.497 e. The fraction of sp³-hybridized carbons (Fsp3) is 0.194. The molecule has 1 aliphatic carbocycles. The van der Waals surface area contributed by atoms with Gasteiger partial charge in [0.2, 0.25) is 5.91 Å². The molecule has 0 aliphatic heterocycles. The summed E-state index contributed by atoms with van der Waals surface area (Å²) in [5.41, 5.74) is 5.69. The van der Waals surface area contributed by atoms with Gasteiger partial charge < -0.3 is 10.1 Å². The van der Waals surface area contributed by atoms with E-state index in [-0.39, 0.29) is 23.8 Å². The van der Waals surface area contributed by atoms with Crippen molar-refractivity contribution in [3.63, 3.8) is 0 Å². The van der Waals surface area contributed by atoms with Gasteiger partial charge in [-0.2, -0.15) is 0 Å². The summed E-state index contributed by atoms with van der Waals surface area (Å²) in [4.78, 5) is 14.0. The number of amides is 1. The van der Waals surface area contributed by atoms with Crippen molar-refractivity contribution in [1.29, 1.82) is 0 Å². The topological polar surface area (TPSA) is 38.3 Å². The van der Waals surface area contributed by atoms with Gasteiger partial charge in [-0.1, -0.05) is 97.1 Å². The molecule has 4 aromatic carbocycles. The number of ether oxygens (including phenoxy) is 1. The molecule has 0 saturated carbocycles. The van der Waals surface area contributed by atoms with Crippen molar-refractivity contribution in [1.82, 2.24) is 5.32 Å². The summed E-state index contributed by atoms with van der Waals surface area (Å²) in [6.45, 7) is 0. The van der Waals surface area contributed by atoms with Crippen molar-refractivity contribution in [2.45, 2.75) is 30.7 Å². The van der Waals surface area contributed by atoms with Crippen LogP contribution in [0.1, 0.15) is 52.1 Å². The first-order chi connectivity index (χ1) is 16.7. The second-order valence-electron chi connectivity index (χ2n) is 8.86. The maximum atomic E-state index is 14.0. The van der Waals surface area contributed by atoms with Crippen LogP contribution in [-0.2, 0) is 11.2 Å². The highest BCUT2D eigenvalue weighted by Crippen LogP contribution is 2.42. The first kappa shape index (κ1) is 22.0. The maximum Gasteiger partial charge on any atom is 0.232 e. The Morgan fingerprint density at radius 2 is 1.47 bits per heavy atom. The van der Waals surface area contributed by atoms with Crippen LogP contribution in [0.2, 0.25) is 0 Å². The first-order valence-corrected chi connectivity index (χ1v) is 11.9. The molecule has 0 unspecified atom stereocenters. The fourth-order valence-electron chi connectivity index (χ4n) is 5.19. The molecule has 2 atom stereocenters. The predicted molar refractivity (Wildman–Crippen MR) is 136 cm³/mol. The van der Waals surface area contributed by atoms with Crippen LogP contribution < -0.4 is 10.1 Å². The summed E-state index contributed by atoms with van der Waals surface area (Å²) in [7, 11) is 1.69. The summed E-state index contributed by atoms with van der Waals surface area (Å²) in [5.74, 6) is 0.656. The number of hydrogen-bond acceptors (Lipinski definition) is 2. The fourth-order valence-corrected chi connectivity index (χ4v) is 5.19. The van der Waals surface area contributed by atoms with Crippen molar-refractivity contribution in [3.8, 4) is 5.75 Å². The highest BCUT2D eigenvalue weighted by atomic mass is 16.5. The summed E-state index contributed by atoms with van der Waals surface area (Å²) >= 11 is 0. The minimum absolute atomic E-state index is 0.0204. The zero-order valence-corrected chi connectivity index (χ0v) is 19.4. The van der Waals surface area contributed by atoms with E-state index in [1.165, 1.54) is 16.7 Å². The van der Waals surface area contributed by atoms with Crippen molar-refractivity contribution < 1.29 is 9.53 Å². The lowest BCUT2D eigenvalue weighted by molar-refractivity contribution is -0.122. The number of carbonyl (C=O) groups excluding carboxylic acids is 1. The Morgan fingerprint density at radius 3 is 2.15 bits per heavy atom. The average Bonchev–Trinajstić information content (AvgIpc) is 2.90. The summed E-state index contributed by atoms with van der Waals surface area (Å²) in [5, 5.41) is 3.48. The molecule has 0 spiro atoms. The van der Waals surface area contributed by atoms with Crippen molar-refractivity contribution in [3.05, 3.63) is 137 Å². The number of rotatable bonds is 6. The molecule has 1 aliphatic rings. The van der Waals surface area contributed by atoms with E-state index in [2.05, 4.69) is 41.7 Å². The molecule has 0 bridgehead atoms. The Balaban J connectivity index is 1.54. The minimum atomic E-state index is -0.373. The van der Waals surface area contributed by atoms with Crippen LogP contribution in [0.5, 0.6) is 5.75 Å². The van der Waals surface area contributed by atoms with E-state index in [0.29, 0.717) is 0 Å². The Morgan fingerprint density at radius 1 is 0.824 bits per heavy atom. The van der Waals surface area contributed by atoms with Crippen LogP contribution in [0.25, 0.3) is 0 Å². The van der Waals surface area contributed by atoms with E-state index in [1.54, 1.807) is 7.11 Å². The maximum absolute atomic E-state index is 14.0. The second-order valence-corrected chi connectivity index (χ2v) is 8.86. The lowest BCUT2D eigenvalue weighted by Crippen LogP contribution is -2.38. The van der Waals surface area contributed by atoms with Gasteiger partial charge in [-0.05, 0) is 52.8 Å². The number of fused-ring (bicyclic) bond motifs is 1. The van der Waals surface area contributed by atoms with Gasteiger partial charge in [0.25, 0.3) is 0 Å². The number of carbonyl (C=O) groups is 1. The monoisotopic (exact) mass is 447 g/mol. The Hall–Kier alpha value is -3.85. The molecule has 0 heterocycles. The van der Waals surface area contributed by atoms with Gasteiger partial charge in [0.1, 0.15) is 5.75 Å². The molecule has 0 radical (unpaired) electrons. The Labute approximate surface area is 201 Å². The molecule has 170 valence electrons. The third-order valence-electron chi connectivity index (χ3n) is 6.86. The van der Waals surface area contributed by atoms with Gasteiger partial charge in [-0.15, -0.1) is 0 Å². The molecule has 0 aromatic heterocycles.